The van der Waals surface area contributed by atoms with E-state index in [2.05, 4.69) is 10.6 Å². The first-order valence-electron chi connectivity index (χ1n) is 7.97. The van der Waals surface area contributed by atoms with Crippen molar-refractivity contribution in [2.24, 2.45) is 11.3 Å². The van der Waals surface area contributed by atoms with E-state index in [0.29, 0.717) is 32.1 Å². The van der Waals surface area contributed by atoms with Gasteiger partial charge < -0.3 is 10.6 Å². The molecule has 0 aromatic heterocycles. The van der Waals surface area contributed by atoms with Gasteiger partial charge in [0.05, 0.1) is 11.3 Å². The van der Waals surface area contributed by atoms with Crippen molar-refractivity contribution in [3.63, 3.8) is 0 Å². The van der Waals surface area contributed by atoms with Crippen molar-refractivity contribution in [1.29, 1.82) is 0 Å². The quantitative estimate of drug-likeness (QED) is 0.841. The smallest absolute Gasteiger partial charge is 0.352 e. The van der Waals surface area contributed by atoms with E-state index in [4.69, 9.17) is 0 Å². The van der Waals surface area contributed by atoms with Crippen LogP contribution < -0.4 is 10.6 Å². The van der Waals surface area contributed by atoms with Gasteiger partial charge in [-0.05, 0) is 45.2 Å². The molecule has 0 radical (unpaired) electrons. The normalized spacial score (nSPS) is 29.9. The lowest BCUT2D eigenvalue weighted by molar-refractivity contribution is -0.189. The Kier molecular flexibility index (Phi) is 5.17. The van der Waals surface area contributed by atoms with Gasteiger partial charge in [-0.3, -0.25) is 4.79 Å². The molecule has 1 saturated heterocycles. The van der Waals surface area contributed by atoms with Gasteiger partial charge in [0.25, 0.3) is 0 Å². The third-order valence-electron chi connectivity index (χ3n) is 5.22. The van der Waals surface area contributed by atoms with Crippen LogP contribution in [0.2, 0.25) is 0 Å². The lowest BCUT2D eigenvalue weighted by atomic mass is 9.75. The standard InChI is InChI=1S/C15H25F3N2O/c1-2-14(7-9-19-10-8-14)13(21)20-12-6-4-3-5-11(12)15(16,17)18/h11-12,19H,2-10H2,1H3,(H,20,21). The molecule has 2 aliphatic rings. The first-order chi connectivity index (χ1) is 9.89. The predicted octanol–water partition coefficient (Wildman–Crippen LogP) is 3.00. The fraction of sp³-hybridized carbons (Fsp3) is 0.933. The van der Waals surface area contributed by atoms with E-state index in [9.17, 15) is 18.0 Å². The summed E-state index contributed by atoms with van der Waals surface area (Å²) in [6.45, 7) is 3.47. The van der Waals surface area contributed by atoms with Gasteiger partial charge in [-0.2, -0.15) is 13.2 Å². The van der Waals surface area contributed by atoms with Crippen LogP contribution in [0.25, 0.3) is 0 Å². The topological polar surface area (TPSA) is 41.1 Å². The summed E-state index contributed by atoms with van der Waals surface area (Å²) in [7, 11) is 0. The van der Waals surface area contributed by atoms with Crippen molar-refractivity contribution in [2.75, 3.05) is 13.1 Å². The zero-order valence-corrected chi connectivity index (χ0v) is 12.6. The van der Waals surface area contributed by atoms with Crippen molar-refractivity contribution in [3.05, 3.63) is 0 Å². The Hall–Kier alpha value is -0.780. The maximum absolute atomic E-state index is 13.1. The van der Waals surface area contributed by atoms with E-state index in [0.717, 1.165) is 19.5 Å². The lowest BCUT2D eigenvalue weighted by Crippen LogP contribution is -2.54. The number of piperidine rings is 1. The van der Waals surface area contributed by atoms with Gasteiger partial charge in [0, 0.05) is 6.04 Å². The number of halogens is 3. The molecule has 1 amide bonds. The molecule has 3 nitrogen and oxygen atoms in total. The average molecular weight is 306 g/mol. The van der Waals surface area contributed by atoms with Crippen LogP contribution in [0.5, 0.6) is 0 Å². The summed E-state index contributed by atoms with van der Waals surface area (Å²) in [5.41, 5.74) is -0.487. The summed E-state index contributed by atoms with van der Waals surface area (Å²) in [6.07, 6.45) is -0.187. The molecule has 1 saturated carbocycles. The van der Waals surface area contributed by atoms with Gasteiger partial charge in [-0.15, -0.1) is 0 Å². The van der Waals surface area contributed by atoms with Gasteiger partial charge in [0.1, 0.15) is 0 Å². The SMILES string of the molecule is CCC1(C(=O)NC2CCCCC2C(F)(F)F)CCNCC1. The van der Waals surface area contributed by atoms with Gasteiger partial charge in [-0.25, -0.2) is 0 Å². The molecule has 2 atom stereocenters. The lowest BCUT2D eigenvalue weighted by Gasteiger charge is -2.39. The van der Waals surface area contributed by atoms with Crippen molar-refractivity contribution in [3.8, 4) is 0 Å². The Morgan fingerprint density at radius 1 is 1.24 bits per heavy atom. The number of amides is 1. The largest absolute Gasteiger partial charge is 0.393 e. The molecule has 0 aromatic rings. The molecular formula is C15H25F3N2O. The van der Waals surface area contributed by atoms with Crippen molar-refractivity contribution >= 4 is 5.91 Å². The molecule has 6 heteroatoms. The van der Waals surface area contributed by atoms with E-state index in [1.54, 1.807) is 0 Å². The highest BCUT2D eigenvalue weighted by molar-refractivity contribution is 5.83. The maximum Gasteiger partial charge on any atom is 0.393 e. The molecule has 1 aliphatic carbocycles. The maximum atomic E-state index is 13.1. The molecule has 0 bridgehead atoms. The monoisotopic (exact) mass is 306 g/mol. The zero-order chi connectivity index (χ0) is 15.5. The fourth-order valence-corrected chi connectivity index (χ4v) is 3.66. The van der Waals surface area contributed by atoms with Crippen LogP contribution in [0.4, 0.5) is 13.2 Å². The molecule has 0 aromatic carbocycles. The molecule has 2 N–H and O–H groups in total. The Morgan fingerprint density at radius 3 is 2.43 bits per heavy atom. The van der Waals surface area contributed by atoms with E-state index in [-0.39, 0.29) is 12.3 Å². The third-order valence-corrected chi connectivity index (χ3v) is 5.22. The Bertz CT molecular complexity index is 364. The number of hydrogen-bond donors (Lipinski definition) is 2. The van der Waals surface area contributed by atoms with Crippen molar-refractivity contribution < 1.29 is 18.0 Å². The first kappa shape index (κ1) is 16.6. The predicted molar refractivity (Wildman–Crippen MR) is 74.8 cm³/mol. The van der Waals surface area contributed by atoms with Crippen molar-refractivity contribution in [2.45, 2.75) is 64.1 Å². The van der Waals surface area contributed by atoms with Crippen LogP contribution >= 0.6 is 0 Å². The van der Waals surface area contributed by atoms with Crippen LogP contribution in [0.3, 0.4) is 0 Å². The summed E-state index contributed by atoms with van der Waals surface area (Å²) in [5.74, 6) is -1.56. The van der Waals surface area contributed by atoms with Gasteiger partial charge in [0.15, 0.2) is 0 Å². The van der Waals surface area contributed by atoms with Gasteiger partial charge in [-0.1, -0.05) is 19.8 Å². The minimum Gasteiger partial charge on any atom is -0.352 e. The fourth-order valence-electron chi connectivity index (χ4n) is 3.66. The van der Waals surface area contributed by atoms with Crippen LogP contribution in [0, 0.1) is 11.3 Å². The van der Waals surface area contributed by atoms with Crippen LogP contribution in [-0.2, 0) is 4.79 Å². The molecule has 2 fully saturated rings. The van der Waals surface area contributed by atoms with E-state index in [1.807, 2.05) is 6.92 Å². The molecular weight excluding hydrogens is 281 g/mol. The Balaban J connectivity index is 2.05. The van der Waals surface area contributed by atoms with Crippen LogP contribution in [-0.4, -0.2) is 31.2 Å². The highest BCUT2D eigenvalue weighted by Gasteiger charge is 2.47. The van der Waals surface area contributed by atoms with Crippen LogP contribution in [0.1, 0.15) is 51.9 Å². The molecule has 21 heavy (non-hydrogen) atoms. The minimum atomic E-state index is -4.22. The second kappa shape index (κ2) is 6.55. The zero-order valence-electron chi connectivity index (χ0n) is 12.6. The third kappa shape index (κ3) is 3.71. The van der Waals surface area contributed by atoms with Gasteiger partial charge >= 0.3 is 6.18 Å². The molecule has 1 aliphatic heterocycles. The summed E-state index contributed by atoms with van der Waals surface area (Å²) in [6, 6.07) is -0.746. The molecule has 2 rings (SSSR count). The van der Waals surface area contributed by atoms with Crippen molar-refractivity contribution in [1.82, 2.24) is 10.6 Å². The number of hydrogen-bond acceptors (Lipinski definition) is 2. The molecule has 2 unspecified atom stereocenters. The van der Waals surface area contributed by atoms with Gasteiger partial charge in [0.2, 0.25) is 5.91 Å². The number of carbonyl (C=O) groups excluding carboxylic acids is 1. The highest BCUT2D eigenvalue weighted by atomic mass is 19.4. The number of carbonyl (C=O) groups is 1. The summed E-state index contributed by atoms with van der Waals surface area (Å²) in [4.78, 5) is 12.6. The van der Waals surface area contributed by atoms with Crippen LogP contribution in [0.15, 0.2) is 0 Å². The first-order valence-corrected chi connectivity index (χ1v) is 7.97. The second-order valence-electron chi connectivity index (χ2n) is 6.40. The second-order valence-corrected chi connectivity index (χ2v) is 6.40. The van der Waals surface area contributed by atoms with E-state index in [1.165, 1.54) is 0 Å². The summed E-state index contributed by atoms with van der Waals surface area (Å²) < 4.78 is 39.3. The number of alkyl halides is 3. The Morgan fingerprint density at radius 2 is 1.86 bits per heavy atom. The molecule has 0 spiro atoms. The Labute approximate surface area is 124 Å². The summed E-state index contributed by atoms with van der Waals surface area (Å²) in [5, 5.41) is 5.96. The van der Waals surface area contributed by atoms with E-state index < -0.39 is 23.6 Å². The summed E-state index contributed by atoms with van der Waals surface area (Å²) >= 11 is 0. The number of nitrogens with one attached hydrogen (secondary N) is 2. The number of rotatable bonds is 3. The molecule has 122 valence electrons. The highest BCUT2D eigenvalue weighted by Crippen LogP contribution is 2.39. The van der Waals surface area contributed by atoms with E-state index >= 15 is 0 Å². The average Bonchev–Trinajstić information content (AvgIpc) is 2.47. The molecule has 1 heterocycles. The minimum absolute atomic E-state index is 0.134.